The first-order chi connectivity index (χ1) is 13.9. The number of nitrogens with zero attached hydrogens (tertiary/aromatic N) is 2. The molecule has 0 amide bonds. The number of benzene rings is 1. The number of aryl methyl sites for hydroxylation is 1. The zero-order valence-corrected chi connectivity index (χ0v) is 16.6. The van der Waals surface area contributed by atoms with Gasteiger partial charge < -0.3 is 10.3 Å². The van der Waals surface area contributed by atoms with Gasteiger partial charge in [0.25, 0.3) is 5.56 Å². The van der Waals surface area contributed by atoms with Crippen LogP contribution in [-0.4, -0.2) is 15.0 Å². The minimum atomic E-state index is -0.568. The molecule has 29 heavy (non-hydrogen) atoms. The van der Waals surface area contributed by atoms with Crippen LogP contribution in [0, 0.1) is 12.7 Å². The van der Waals surface area contributed by atoms with E-state index in [9.17, 15) is 9.18 Å². The first kappa shape index (κ1) is 19.1. The van der Waals surface area contributed by atoms with Gasteiger partial charge in [-0.05, 0) is 66.9 Å². The van der Waals surface area contributed by atoms with Gasteiger partial charge in [0.05, 0.1) is 16.6 Å². The van der Waals surface area contributed by atoms with Gasteiger partial charge in [0, 0.05) is 29.5 Å². The Bertz CT molecular complexity index is 1270. The van der Waals surface area contributed by atoms with Gasteiger partial charge in [-0.15, -0.1) is 0 Å². The molecule has 1 aromatic carbocycles. The van der Waals surface area contributed by atoms with Crippen LogP contribution in [0.5, 0.6) is 0 Å². The largest absolute Gasteiger partial charge is 0.363 e. The maximum atomic E-state index is 13.7. The second-order valence-corrected chi connectivity index (χ2v) is 7.30. The Morgan fingerprint density at radius 2 is 2.00 bits per heavy atom. The lowest BCUT2D eigenvalue weighted by atomic mass is 10.0. The van der Waals surface area contributed by atoms with Gasteiger partial charge in [0.2, 0.25) is 0 Å². The molecule has 0 fully saturated rings. The van der Waals surface area contributed by atoms with E-state index in [1.165, 1.54) is 12.1 Å². The second-order valence-electron chi connectivity index (χ2n) is 6.89. The van der Waals surface area contributed by atoms with E-state index in [0.717, 1.165) is 16.7 Å². The summed E-state index contributed by atoms with van der Waals surface area (Å²) in [5.41, 5.74) is 3.75. The Balaban J connectivity index is 1.66. The summed E-state index contributed by atoms with van der Waals surface area (Å²) in [6.07, 6.45) is 5.28. The Kier molecular flexibility index (Phi) is 5.03. The number of aromatic nitrogens is 3. The highest BCUT2D eigenvalue weighted by atomic mass is 35.5. The molecular formula is C22H18ClFN4O. The van der Waals surface area contributed by atoms with E-state index in [1.54, 1.807) is 18.5 Å². The van der Waals surface area contributed by atoms with Crippen molar-refractivity contribution >= 4 is 28.3 Å². The Morgan fingerprint density at radius 3 is 2.79 bits per heavy atom. The van der Waals surface area contributed by atoms with Gasteiger partial charge in [0.1, 0.15) is 11.6 Å². The van der Waals surface area contributed by atoms with Crippen LogP contribution in [0.15, 0.2) is 59.8 Å². The van der Waals surface area contributed by atoms with Crippen LogP contribution < -0.4 is 10.9 Å². The van der Waals surface area contributed by atoms with Gasteiger partial charge in [-0.1, -0.05) is 11.6 Å². The van der Waals surface area contributed by atoms with Crippen molar-refractivity contribution in [2.75, 3.05) is 5.32 Å². The van der Waals surface area contributed by atoms with Crippen molar-refractivity contribution in [2.45, 2.75) is 19.9 Å². The molecule has 2 N–H and O–H groups in total. The summed E-state index contributed by atoms with van der Waals surface area (Å²) in [5, 5.41) is 3.94. The number of fused-ring (bicyclic) bond motifs is 1. The molecule has 5 nitrogen and oxygen atoms in total. The maximum Gasteiger partial charge on any atom is 0.253 e. The number of nitrogens with one attached hydrogen (secondary N) is 2. The number of hydrogen-bond donors (Lipinski definition) is 2. The molecule has 7 heteroatoms. The Morgan fingerprint density at radius 1 is 1.17 bits per heavy atom. The van der Waals surface area contributed by atoms with Crippen molar-refractivity contribution in [2.24, 2.45) is 0 Å². The summed E-state index contributed by atoms with van der Waals surface area (Å²) in [6.45, 7) is 3.87. The summed E-state index contributed by atoms with van der Waals surface area (Å²) in [5.74, 6) is 0.0732. The minimum Gasteiger partial charge on any atom is -0.363 e. The molecule has 3 heterocycles. The first-order valence-corrected chi connectivity index (χ1v) is 9.46. The quantitative estimate of drug-likeness (QED) is 0.483. The maximum absolute atomic E-state index is 13.7. The number of pyridine rings is 3. The predicted octanol–water partition coefficient (Wildman–Crippen LogP) is 5.26. The minimum absolute atomic E-state index is 0.0122. The van der Waals surface area contributed by atoms with E-state index in [2.05, 4.69) is 20.3 Å². The third-order valence-corrected chi connectivity index (χ3v) is 5.13. The highest BCUT2D eigenvalue weighted by Gasteiger charge is 2.14. The van der Waals surface area contributed by atoms with Gasteiger partial charge in [-0.25, -0.2) is 9.37 Å². The average molecular weight is 409 g/mol. The van der Waals surface area contributed by atoms with Crippen LogP contribution >= 0.6 is 11.6 Å². The van der Waals surface area contributed by atoms with Crippen LogP contribution in [0.2, 0.25) is 5.02 Å². The van der Waals surface area contributed by atoms with Crippen molar-refractivity contribution < 1.29 is 4.39 Å². The van der Waals surface area contributed by atoms with Gasteiger partial charge in [-0.2, -0.15) is 0 Å². The van der Waals surface area contributed by atoms with Gasteiger partial charge >= 0.3 is 0 Å². The third-order valence-electron chi connectivity index (χ3n) is 4.84. The molecule has 0 unspecified atom stereocenters. The molecule has 0 aliphatic carbocycles. The summed E-state index contributed by atoms with van der Waals surface area (Å²) < 4.78 is 13.7. The molecule has 0 saturated heterocycles. The molecule has 0 bridgehead atoms. The zero-order chi connectivity index (χ0) is 20.5. The predicted molar refractivity (Wildman–Crippen MR) is 114 cm³/mol. The molecule has 0 radical (unpaired) electrons. The third kappa shape index (κ3) is 3.84. The fourth-order valence-corrected chi connectivity index (χ4v) is 3.49. The van der Waals surface area contributed by atoms with Crippen molar-refractivity contribution in [3.8, 4) is 11.1 Å². The fourth-order valence-electron chi connectivity index (χ4n) is 3.31. The average Bonchev–Trinajstić information content (AvgIpc) is 2.69. The molecule has 0 spiro atoms. The topological polar surface area (TPSA) is 70.7 Å². The summed E-state index contributed by atoms with van der Waals surface area (Å²) in [7, 11) is 0. The number of hydrogen-bond acceptors (Lipinski definition) is 4. The van der Waals surface area contributed by atoms with Crippen LogP contribution in [0.1, 0.15) is 24.1 Å². The van der Waals surface area contributed by atoms with E-state index >= 15 is 0 Å². The number of halogens is 2. The van der Waals surface area contributed by atoms with Crippen LogP contribution in [-0.2, 0) is 0 Å². The van der Waals surface area contributed by atoms with Crippen molar-refractivity contribution in [1.82, 2.24) is 15.0 Å². The summed E-state index contributed by atoms with van der Waals surface area (Å²) in [4.78, 5) is 23.7. The summed E-state index contributed by atoms with van der Waals surface area (Å²) >= 11 is 5.88. The molecule has 0 aliphatic rings. The molecule has 0 aliphatic heterocycles. The van der Waals surface area contributed by atoms with E-state index in [1.807, 2.05) is 38.2 Å². The normalized spacial score (nSPS) is 12.1. The lowest BCUT2D eigenvalue weighted by Crippen LogP contribution is -2.19. The molecular weight excluding hydrogens is 391 g/mol. The standard InChI is InChI=1S/C22H18ClFN4O/c1-12-11-25-5-4-16(12)14-3-6-26-21(9-14)27-13(2)17-7-15-8-18(23)19(24)10-20(15)28-22(17)29/h3-11,13H,1-2H3,(H,26,27)(H,28,29)/t13-/m0/s1. The number of aromatic amines is 1. The lowest BCUT2D eigenvalue weighted by molar-refractivity contribution is 0.629. The molecule has 0 saturated carbocycles. The van der Waals surface area contributed by atoms with Crippen LogP contribution in [0.4, 0.5) is 10.2 Å². The highest BCUT2D eigenvalue weighted by molar-refractivity contribution is 6.31. The van der Waals surface area contributed by atoms with Crippen molar-refractivity contribution in [1.29, 1.82) is 0 Å². The highest BCUT2D eigenvalue weighted by Crippen LogP contribution is 2.26. The second kappa shape index (κ2) is 7.64. The monoisotopic (exact) mass is 408 g/mol. The number of anilines is 1. The Hall–Kier alpha value is -3.25. The smallest absolute Gasteiger partial charge is 0.253 e. The number of H-pyrrole nitrogens is 1. The SMILES string of the molecule is Cc1cnccc1-c1ccnc(N[C@@H](C)c2cc3cc(Cl)c(F)cc3[nH]c2=O)c1. The molecule has 3 aromatic heterocycles. The molecule has 146 valence electrons. The van der Waals surface area contributed by atoms with E-state index < -0.39 is 5.82 Å². The first-order valence-electron chi connectivity index (χ1n) is 9.08. The van der Waals surface area contributed by atoms with Gasteiger partial charge in [-0.3, -0.25) is 9.78 Å². The fraction of sp³-hybridized carbons (Fsp3) is 0.136. The van der Waals surface area contributed by atoms with E-state index in [-0.39, 0.29) is 16.6 Å². The zero-order valence-electron chi connectivity index (χ0n) is 15.8. The van der Waals surface area contributed by atoms with Gasteiger partial charge in [0.15, 0.2) is 0 Å². The van der Waals surface area contributed by atoms with Crippen molar-refractivity contribution in [3.63, 3.8) is 0 Å². The summed E-state index contributed by atoms with van der Waals surface area (Å²) in [6, 6.07) is 9.93. The molecule has 1 atom stereocenters. The number of rotatable bonds is 4. The lowest BCUT2D eigenvalue weighted by Gasteiger charge is -2.16. The Labute approximate surface area is 171 Å². The molecule has 4 rings (SSSR count). The van der Waals surface area contributed by atoms with E-state index in [4.69, 9.17) is 11.6 Å². The van der Waals surface area contributed by atoms with Crippen molar-refractivity contribution in [3.05, 3.63) is 87.3 Å². The van der Waals surface area contributed by atoms with E-state index in [0.29, 0.717) is 22.3 Å². The van der Waals surface area contributed by atoms with Crippen LogP contribution in [0.25, 0.3) is 22.0 Å². The van der Waals surface area contributed by atoms with Crippen LogP contribution in [0.3, 0.4) is 0 Å². The molecule has 4 aromatic rings.